The van der Waals surface area contributed by atoms with E-state index in [0.717, 1.165) is 17.9 Å². The molecule has 2 nitrogen and oxygen atoms in total. The van der Waals surface area contributed by atoms with E-state index in [0.29, 0.717) is 0 Å². The van der Waals surface area contributed by atoms with Gasteiger partial charge in [-0.2, -0.15) is 0 Å². The van der Waals surface area contributed by atoms with E-state index in [-0.39, 0.29) is 0 Å². The van der Waals surface area contributed by atoms with Crippen LogP contribution in [0.4, 0.5) is 0 Å². The molecule has 0 radical (unpaired) electrons. The lowest BCUT2D eigenvalue weighted by Crippen LogP contribution is -2.42. The lowest BCUT2D eigenvalue weighted by Gasteiger charge is -2.34. The highest BCUT2D eigenvalue weighted by atomic mass is 15.1. The fourth-order valence-corrected chi connectivity index (χ4v) is 3.55. The van der Waals surface area contributed by atoms with Crippen LogP contribution in [0.3, 0.4) is 0 Å². The Bertz CT molecular complexity index is 205. The Morgan fingerprint density at radius 2 is 2.00 bits per heavy atom. The van der Waals surface area contributed by atoms with Gasteiger partial charge < -0.3 is 10.2 Å². The number of nitrogens with one attached hydrogen (secondary N) is 1. The third-order valence-electron chi connectivity index (χ3n) is 4.72. The third kappa shape index (κ3) is 2.98. The Morgan fingerprint density at radius 3 is 2.69 bits per heavy atom. The van der Waals surface area contributed by atoms with Crippen LogP contribution in [0.25, 0.3) is 0 Å². The summed E-state index contributed by atoms with van der Waals surface area (Å²) in [5.41, 5.74) is 0. The Labute approximate surface area is 101 Å². The first-order valence-corrected chi connectivity index (χ1v) is 7.23. The van der Waals surface area contributed by atoms with Crippen LogP contribution in [0.1, 0.15) is 45.4 Å². The predicted octanol–water partition coefficient (Wildman–Crippen LogP) is 2.50. The molecule has 0 aromatic carbocycles. The van der Waals surface area contributed by atoms with Gasteiger partial charge in [0.05, 0.1) is 0 Å². The molecule has 16 heavy (non-hydrogen) atoms. The van der Waals surface area contributed by atoms with E-state index < -0.39 is 0 Å². The van der Waals surface area contributed by atoms with Gasteiger partial charge in [0.15, 0.2) is 0 Å². The lowest BCUT2D eigenvalue weighted by molar-refractivity contribution is 0.190. The molecule has 2 rings (SSSR count). The van der Waals surface area contributed by atoms with Crippen LogP contribution in [-0.2, 0) is 0 Å². The number of likely N-dealkylation sites (tertiary alicyclic amines) is 1. The largest absolute Gasteiger partial charge is 0.317 e. The second-order valence-corrected chi connectivity index (χ2v) is 5.76. The summed E-state index contributed by atoms with van der Waals surface area (Å²) in [6, 6.07) is 0.787. The van der Waals surface area contributed by atoms with Gasteiger partial charge in [0, 0.05) is 19.1 Å². The zero-order chi connectivity index (χ0) is 11.4. The van der Waals surface area contributed by atoms with Crippen LogP contribution in [-0.4, -0.2) is 37.6 Å². The van der Waals surface area contributed by atoms with Gasteiger partial charge in [-0.1, -0.05) is 26.2 Å². The van der Waals surface area contributed by atoms with Crippen molar-refractivity contribution in [1.82, 2.24) is 10.2 Å². The second kappa shape index (κ2) is 6.02. The average Bonchev–Trinajstić information content (AvgIpc) is 2.77. The van der Waals surface area contributed by atoms with E-state index in [4.69, 9.17) is 0 Å². The molecule has 1 heterocycles. The molecule has 1 saturated heterocycles. The predicted molar refractivity (Wildman–Crippen MR) is 69.6 cm³/mol. The maximum Gasteiger partial charge on any atom is 0.0104 e. The standard InChI is InChI=1S/C14H28N2/c1-3-12-8-9-16(10-12)11-13-6-4-5-7-14(13)15-2/h12-15H,3-11H2,1-2H3. The van der Waals surface area contributed by atoms with Crippen LogP contribution in [0, 0.1) is 11.8 Å². The molecule has 3 unspecified atom stereocenters. The van der Waals surface area contributed by atoms with Gasteiger partial charge in [0.2, 0.25) is 0 Å². The first kappa shape index (κ1) is 12.4. The van der Waals surface area contributed by atoms with Crippen LogP contribution < -0.4 is 5.32 Å². The quantitative estimate of drug-likeness (QED) is 0.789. The minimum atomic E-state index is 0.787. The summed E-state index contributed by atoms with van der Waals surface area (Å²) in [5.74, 6) is 1.89. The van der Waals surface area contributed by atoms with Crippen molar-refractivity contribution in [3.8, 4) is 0 Å². The normalized spacial score (nSPS) is 36.8. The Hall–Kier alpha value is -0.0800. The summed E-state index contributed by atoms with van der Waals surface area (Å²) in [6.45, 7) is 6.40. The molecular weight excluding hydrogens is 196 g/mol. The number of rotatable bonds is 4. The number of hydrogen-bond acceptors (Lipinski definition) is 2. The van der Waals surface area contributed by atoms with Crippen molar-refractivity contribution in [2.45, 2.75) is 51.5 Å². The lowest BCUT2D eigenvalue weighted by atomic mass is 9.84. The molecule has 2 fully saturated rings. The smallest absolute Gasteiger partial charge is 0.0104 e. The van der Waals surface area contributed by atoms with Crippen LogP contribution >= 0.6 is 0 Å². The van der Waals surface area contributed by atoms with Gasteiger partial charge >= 0.3 is 0 Å². The van der Waals surface area contributed by atoms with Gasteiger partial charge in [-0.15, -0.1) is 0 Å². The molecule has 94 valence electrons. The Kier molecular flexibility index (Phi) is 4.66. The van der Waals surface area contributed by atoms with Crippen LogP contribution in [0.15, 0.2) is 0 Å². The second-order valence-electron chi connectivity index (χ2n) is 5.76. The van der Waals surface area contributed by atoms with E-state index in [1.165, 1.54) is 58.2 Å². The van der Waals surface area contributed by atoms with Gasteiger partial charge in [0.25, 0.3) is 0 Å². The maximum absolute atomic E-state index is 3.53. The van der Waals surface area contributed by atoms with Crippen molar-refractivity contribution in [3.05, 3.63) is 0 Å². The van der Waals surface area contributed by atoms with E-state index in [2.05, 4.69) is 24.2 Å². The van der Waals surface area contributed by atoms with E-state index in [1.807, 2.05) is 0 Å². The van der Waals surface area contributed by atoms with Crippen LogP contribution in [0.2, 0.25) is 0 Å². The van der Waals surface area contributed by atoms with Gasteiger partial charge in [-0.25, -0.2) is 0 Å². The molecule has 0 aromatic rings. The highest BCUT2D eigenvalue weighted by Gasteiger charge is 2.28. The molecule has 0 amide bonds. The highest BCUT2D eigenvalue weighted by molar-refractivity contribution is 4.84. The van der Waals surface area contributed by atoms with Crippen LogP contribution in [0.5, 0.6) is 0 Å². The zero-order valence-corrected chi connectivity index (χ0v) is 11.0. The van der Waals surface area contributed by atoms with Crippen molar-refractivity contribution in [1.29, 1.82) is 0 Å². The molecular formula is C14H28N2. The highest BCUT2D eigenvalue weighted by Crippen LogP contribution is 2.27. The van der Waals surface area contributed by atoms with Crippen molar-refractivity contribution in [3.63, 3.8) is 0 Å². The molecule has 1 saturated carbocycles. The fourth-order valence-electron chi connectivity index (χ4n) is 3.55. The van der Waals surface area contributed by atoms with Crippen molar-refractivity contribution < 1.29 is 0 Å². The molecule has 1 N–H and O–H groups in total. The summed E-state index contributed by atoms with van der Waals surface area (Å²) in [4.78, 5) is 2.72. The summed E-state index contributed by atoms with van der Waals surface area (Å²) >= 11 is 0. The number of nitrogens with zero attached hydrogens (tertiary/aromatic N) is 1. The SMILES string of the molecule is CCC1CCN(CC2CCCCC2NC)C1. The third-order valence-corrected chi connectivity index (χ3v) is 4.72. The summed E-state index contributed by atoms with van der Waals surface area (Å²) in [7, 11) is 2.14. The summed E-state index contributed by atoms with van der Waals surface area (Å²) < 4.78 is 0. The first-order valence-electron chi connectivity index (χ1n) is 7.23. The molecule has 2 heteroatoms. The molecule has 0 bridgehead atoms. The van der Waals surface area contributed by atoms with Crippen molar-refractivity contribution in [2.75, 3.05) is 26.7 Å². The zero-order valence-electron chi connectivity index (χ0n) is 11.0. The van der Waals surface area contributed by atoms with E-state index in [9.17, 15) is 0 Å². The first-order chi connectivity index (χ1) is 7.83. The number of hydrogen-bond donors (Lipinski definition) is 1. The minimum absolute atomic E-state index is 0.787. The van der Waals surface area contributed by atoms with Gasteiger partial charge in [0.1, 0.15) is 0 Å². The van der Waals surface area contributed by atoms with E-state index in [1.54, 1.807) is 0 Å². The molecule has 0 aromatic heterocycles. The monoisotopic (exact) mass is 224 g/mol. The molecule has 3 atom stereocenters. The average molecular weight is 224 g/mol. The summed E-state index contributed by atoms with van der Waals surface area (Å²) in [6.07, 6.45) is 8.53. The van der Waals surface area contributed by atoms with Gasteiger partial charge in [-0.3, -0.25) is 0 Å². The van der Waals surface area contributed by atoms with Crippen molar-refractivity contribution >= 4 is 0 Å². The van der Waals surface area contributed by atoms with Gasteiger partial charge in [-0.05, 0) is 44.7 Å². The minimum Gasteiger partial charge on any atom is -0.317 e. The summed E-state index contributed by atoms with van der Waals surface area (Å²) in [5, 5.41) is 3.53. The molecule has 0 spiro atoms. The topological polar surface area (TPSA) is 15.3 Å². The molecule has 1 aliphatic heterocycles. The Morgan fingerprint density at radius 1 is 1.19 bits per heavy atom. The molecule has 2 aliphatic rings. The Balaban J connectivity index is 1.79. The van der Waals surface area contributed by atoms with E-state index >= 15 is 0 Å². The molecule has 1 aliphatic carbocycles. The maximum atomic E-state index is 3.53. The fraction of sp³-hybridized carbons (Fsp3) is 1.00. The van der Waals surface area contributed by atoms with Crippen molar-refractivity contribution in [2.24, 2.45) is 11.8 Å².